The summed E-state index contributed by atoms with van der Waals surface area (Å²) >= 11 is 3.11. The molecule has 116 valence electrons. The number of benzene rings is 1. The van der Waals surface area contributed by atoms with Crippen LogP contribution in [0.1, 0.15) is 22.1 Å². The Labute approximate surface area is 131 Å². The Kier molecular flexibility index (Phi) is 4.80. The van der Waals surface area contributed by atoms with Crippen LogP contribution in [0.5, 0.6) is 0 Å². The van der Waals surface area contributed by atoms with Gasteiger partial charge in [0.15, 0.2) is 6.04 Å². The number of nitrogens with one attached hydrogen (secondary N) is 1. The molecule has 1 amide bonds. The molecule has 3 nitrogen and oxygen atoms in total. The van der Waals surface area contributed by atoms with Gasteiger partial charge in [-0.2, -0.15) is 13.2 Å². The van der Waals surface area contributed by atoms with E-state index < -0.39 is 23.9 Å². The van der Waals surface area contributed by atoms with Crippen LogP contribution in [0.3, 0.4) is 0 Å². The molecule has 2 rings (SSSR count). The van der Waals surface area contributed by atoms with E-state index in [0.29, 0.717) is 4.47 Å². The molecule has 22 heavy (non-hydrogen) atoms. The lowest BCUT2D eigenvalue weighted by atomic mass is 10.1. The van der Waals surface area contributed by atoms with E-state index in [4.69, 9.17) is 0 Å². The minimum absolute atomic E-state index is 0.153. The van der Waals surface area contributed by atoms with Gasteiger partial charge in [0.2, 0.25) is 0 Å². The van der Waals surface area contributed by atoms with Gasteiger partial charge in [-0.3, -0.25) is 4.79 Å². The standard InChI is InChI=1S/C14H9BrF4N2O/c15-9-3-6-11(20-7-9)13(22)21-12(14(17,18)19)8-1-4-10(16)5-2-8/h1-7,12H,(H,21,22). The smallest absolute Gasteiger partial charge is 0.335 e. The third kappa shape index (κ3) is 4.03. The first-order chi connectivity index (χ1) is 10.3. The summed E-state index contributed by atoms with van der Waals surface area (Å²) in [6, 6.07) is 4.29. The molecule has 1 aromatic carbocycles. The molecule has 0 saturated heterocycles. The summed E-state index contributed by atoms with van der Waals surface area (Å²) in [4.78, 5) is 15.6. The molecule has 1 unspecified atom stereocenters. The molecule has 2 aromatic rings. The van der Waals surface area contributed by atoms with Gasteiger partial charge in [0.25, 0.3) is 5.91 Å². The first kappa shape index (κ1) is 16.4. The van der Waals surface area contributed by atoms with Gasteiger partial charge in [-0.05, 0) is 45.8 Å². The number of hydrogen-bond donors (Lipinski definition) is 1. The van der Waals surface area contributed by atoms with Crippen molar-refractivity contribution in [1.29, 1.82) is 0 Å². The maximum Gasteiger partial charge on any atom is 0.412 e. The molecular weight excluding hydrogens is 368 g/mol. The van der Waals surface area contributed by atoms with Crippen molar-refractivity contribution in [3.8, 4) is 0 Å². The second kappa shape index (κ2) is 6.43. The Balaban J connectivity index is 2.25. The average Bonchev–Trinajstić information content (AvgIpc) is 2.45. The molecule has 0 aliphatic rings. The highest BCUT2D eigenvalue weighted by molar-refractivity contribution is 9.10. The molecule has 8 heteroatoms. The molecule has 1 aromatic heterocycles. The quantitative estimate of drug-likeness (QED) is 0.822. The van der Waals surface area contributed by atoms with Crippen LogP contribution in [-0.2, 0) is 0 Å². The Bertz CT molecular complexity index is 656. The third-order valence-corrected chi connectivity index (χ3v) is 3.24. The van der Waals surface area contributed by atoms with Gasteiger partial charge in [0.05, 0.1) is 0 Å². The van der Waals surface area contributed by atoms with E-state index in [1.165, 1.54) is 18.3 Å². The second-order valence-electron chi connectivity index (χ2n) is 4.36. The number of hydrogen-bond acceptors (Lipinski definition) is 2. The molecule has 1 heterocycles. The SMILES string of the molecule is O=C(NC(c1ccc(F)cc1)C(F)(F)F)c1ccc(Br)cn1. The third-order valence-electron chi connectivity index (χ3n) is 2.77. The van der Waals surface area contributed by atoms with Crippen molar-refractivity contribution in [3.05, 3.63) is 64.1 Å². The van der Waals surface area contributed by atoms with Gasteiger partial charge in [-0.15, -0.1) is 0 Å². The molecule has 1 N–H and O–H groups in total. The summed E-state index contributed by atoms with van der Waals surface area (Å²) in [6.07, 6.45) is -3.42. The van der Waals surface area contributed by atoms with Crippen LogP contribution in [-0.4, -0.2) is 17.1 Å². The number of rotatable bonds is 3. The van der Waals surface area contributed by atoms with Crippen LogP contribution >= 0.6 is 15.9 Å². The van der Waals surface area contributed by atoms with E-state index in [0.717, 1.165) is 24.3 Å². The number of halogens is 5. The fraction of sp³-hybridized carbons (Fsp3) is 0.143. The van der Waals surface area contributed by atoms with E-state index in [2.05, 4.69) is 20.9 Å². The minimum atomic E-state index is -4.72. The van der Waals surface area contributed by atoms with E-state index >= 15 is 0 Å². The summed E-state index contributed by atoms with van der Waals surface area (Å²) in [6.45, 7) is 0. The van der Waals surface area contributed by atoms with Crippen LogP contribution in [0, 0.1) is 5.82 Å². The zero-order valence-corrected chi connectivity index (χ0v) is 12.5. The van der Waals surface area contributed by atoms with Crippen LogP contribution in [0.25, 0.3) is 0 Å². The molecule has 0 saturated carbocycles. The topological polar surface area (TPSA) is 42.0 Å². The molecule has 0 aliphatic heterocycles. The summed E-state index contributed by atoms with van der Waals surface area (Å²) < 4.78 is 52.8. The zero-order chi connectivity index (χ0) is 16.3. The maximum atomic E-state index is 13.1. The predicted molar refractivity (Wildman–Crippen MR) is 74.6 cm³/mol. The highest BCUT2D eigenvalue weighted by Crippen LogP contribution is 2.32. The fourth-order valence-corrected chi connectivity index (χ4v) is 1.96. The van der Waals surface area contributed by atoms with Gasteiger partial charge in [-0.1, -0.05) is 12.1 Å². The molecule has 0 fully saturated rings. The summed E-state index contributed by atoms with van der Waals surface area (Å²) in [7, 11) is 0. The monoisotopic (exact) mass is 376 g/mol. The zero-order valence-electron chi connectivity index (χ0n) is 10.9. The lowest BCUT2D eigenvalue weighted by Gasteiger charge is -2.21. The van der Waals surface area contributed by atoms with Gasteiger partial charge in [0.1, 0.15) is 11.5 Å². The number of aromatic nitrogens is 1. The Hall–Kier alpha value is -1.96. The molecule has 0 aliphatic carbocycles. The maximum absolute atomic E-state index is 13.1. The van der Waals surface area contributed by atoms with Crippen molar-refractivity contribution >= 4 is 21.8 Å². The van der Waals surface area contributed by atoms with Crippen molar-refractivity contribution in [3.63, 3.8) is 0 Å². The van der Waals surface area contributed by atoms with Crippen molar-refractivity contribution in [2.75, 3.05) is 0 Å². The fourth-order valence-electron chi connectivity index (χ4n) is 1.72. The van der Waals surface area contributed by atoms with Crippen LogP contribution in [0.2, 0.25) is 0 Å². The van der Waals surface area contributed by atoms with Gasteiger partial charge >= 0.3 is 6.18 Å². The summed E-state index contributed by atoms with van der Waals surface area (Å²) in [5.41, 5.74) is -0.418. The number of pyridine rings is 1. The van der Waals surface area contributed by atoms with Crippen LogP contribution in [0.4, 0.5) is 17.6 Å². The number of carbonyl (C=O) groups is 1. The predicted octanol–water partition coefficient (Wildman–Crippen LogP) is 4.02. The molecule has 0 bridgehead atoms. The number of alkyl halides is 3. The first-order valence-electron chi connectivity index (χ1n) is 6.02. The Morgan fingerprint density at radius 1 is 1.14 bits per heavy atom. The lowest BCUT2D eigenvalue weighted by Crippen LogP contribution is -2.38. The largest absolute Gasteiger partial charge is 0.412 e. The van der Waals surface area contributed by atoms with E-state index in [9.17, 15) is 22.4 Å². The molecule has 0 radical (unpaired) electrons. The normalized spacial score (nSPS) is 12.8. The molecule has 0 spiro atoms. The van der Waals surface area contributed by atoms with Gasteiger partial charge in [-0.25, -0.2) is 9.37 Å². The van der Waals surface area contributed by atoms with Gasteiger partial charge < -0.3 is 5.32 Å². The second-order valence-corrected chi connectivity index (χ2v) is 5.28. The minimum Gasteiger partial charge on any atom is -0.335 e. The Morgan fingerprint density at radius 3 is 2.27 bits per heavy atom. The molecule has 1 atom stereocenters. The van der Waals surface area contributed by atoms with Crippen molar-refractivity contribution in [2.45, 2.75) is 12.2 Å². The number of nitrogens with zero attached hydrogens (tertiary/aromatic N) is 1. The van der Waals surface area contributed by atoms with Gasteiger partial charge in [0, 0.05) is 10.7 Å². The van der Waals surface area contributed by atoms with Crippen LogP contribution < -0.4 is 5.32 Å². The van der Waals surface area contributed by atoms with E-state index in [1.807, 2.05) is 5.32 Å². The highest BCUT2D eigenvalue weighted by atomic mass is 79.9. The molecular formula is C14H9BrF4N2O. The lowest BCUT2D eigenvalue weighted by molar-refractivity contribution is -0.155. The number of amides is 1. The van der Waals surface area contributed by atoms with Crippen molar-refractivity contribution in [2.24, 2.45) is 0 Å². The van der Waals surface area contributed by atoms with Crippen molar-refractivity contribution < 1.29 is 22.4 Å². The van der Waals surface area contributed by atoms with Crippen molar-refractivity contribution in [1.82, 2.24) is 10.3 Å². The first-order valence-corrected chi connectivity index (χ1v) is 6.81. The van der Waals surface area contributed by atoms with E-state index in [-0.39, 0.29) is 11.3 Å². The number of carbonyl (C=O) groups excluding carboxylic acids is 1. The van der Waals surface area contributed by atoms with E-state index in [1.54, 1.807) is 0 Å². The highest BCUT2D eigenvalue weighted by Gasteiger charge is 2.42. The average molecular weight is 377 g/mol. The Morgan fingerprint density at radius 2 is 1.77 bits per heavy atom. The van der Waals surface area contributed by atoms with Crippen LogP contribution in [0.15, 0.2) is 47.1 Å². The summed E-state index contributed by atoms with van der Waals surface area (Å²) in [5, 5.41) is 1.86. The summed E-state index contributed by atoms with van der Waals surface area (Å²) in [5.74, 6) is -1.63.